The number of ether oxygens (including phenoxy) is 2. The second-order valence-corrected chi connectivity index (χ2v) is 4.77. The molecule has 0 unspecified atom stereocenters. The molecule has 2 heterocycles. The first-order valence-corrected chi connectivity index (χ1v) is 7.14. The number of hydrogen-bond acceptors (Lipinski definition) is 5. The van der Waals surface area contributed by atoms with E-state index in [1.54, 1.807) is 0 Å². The van der Waals surface area contributed by atoms with Crippen LogP contribution in [0.4, 0.5) is 0 Å². The van der Waals surface area contributed by atoms with Gasteiger partial charge in [-0.3, -0.25) is 0 Å². The smallest absolute Gasteiger partial charge is 0.0874 e. The van der Waals surface area contributed by atoms with Crippen LogP contribution in [-0.2, 0) is 22.4 Å². The molecule has 0 bridgehead atoms. The van der Waals surface area contributed by atoms with E-state index in [2.05, 4.69) is 10.3 Å². The average molecular weight is 268 g/mol. The minimum Gasteiger partial charge on any atom is -0.381 e. The summed E-state index contributed by atoms with van der Waals surface area (Å²) in [5, 5.41) is 8.57. The first kappa shape index (κ1) is 14.4. The summed E-state index contributed by atoms with van der Waals surface area (Å²) in [7, 11) is 0. The van der Waals surface area contributed by atoms with Crippen molar-refractivity contribution in [1.29, 1.82) is 0 Å². The quantitative estimate of drug-likeness (QED) is 0.737. The van der Waals surface area contributed by atoms with E-state index in [0.29, 0.717) is 19.1 Å². The number of nitrogens with two attached hydrogens (primary N) is 1. The van der Waals surface area contributed by atoms with Crippen molar-refractivity contribution in [3.05, 3.63) is 11.4 Å². The molecule has 0 spiro atoms. The molecule has 1 saturated heterocycles. The number of hydrogen-bond donors (Lipinski definition) is 1. The van der Waals surface area contributed by atoms with Crippen LogP contribution >= 0.6 is 0 Å². The van der Waals surface area contributed by atoms with E-state index in [1.165, 1.54) is 5.69 Å². The number of aromatic nitrogens is 3. The van der Waals surface area contributed by atoms with Crippen LogP contribution in [-0.4, -0.2) is 48.0 Å². The Morgan fingerprint density at radius 2 is 2.21 bits per heavy atom. The molecule has 6 heteroatoms. The van der Waals surface area contributed by atoms with Crippen LogP contribution in [0, 0.1) is 0 Å². The zero-order valence-corrected chi connectivity index (χ0v) is 11.7. The highest BCUT2D eigenvalue weighted by Gasteiger charge is 2.24. The molecule has 2 N–H and O–H groups in total. The maximum absolute atomic E-state index is 5.66. The molecule has 0 aromatic carbocycles. The lowest BCUT2D eigenvalue weighted by molar-refractivity contribution is 0.0822. The fourth-order valence-electron chi connectivity index (χ4n) is 2.55. The van der Waals surface area contributed by atoms with Crippen molar-refractivity contribution in [2.24, 2.45) is 5.73 Å². The van der Waals surface area contributed by atoms with Gasteiger partial charge >= 0.3 is 0 Å². The van der Waals surface area contributed by atoms with Gasteiger partial charge in [-0.1, -0.05) is 5.21 Å². The van der Waals surface area contributed by atoms with Crippen molar-refractivity contribution in [2.45, 2.75) is 38.6 Å². The average Bonchev–Trinajstić information content (AvgIpc) is 2.84. The van der Waals surface area contributed by atoms with E-state index in [0.717, 1.165) is 51.3 Å². The van der Waals surface area contributed by atoms with E-state index in [4.69, 9.17) is 15.2 Å². The molecule has 19 heavy (non-hydrogen) atoms. The highest BCUT2D eigenvalue weighted by Crippen LogP contribution is 2.28. The zero-order chi connectivity index (χ0) is 13.5. The molecule has 0 amide bonds. The molecule has 6 nitrogen and oxygen atoms in total. The predicted octanol–water partition coefficient (Wildman–Crippen LogP) is 0.710. The van der Waals surface area contributed by atoms with Crippen LogP contribution in [0.5, 0.6) is 0 Å². The summed E-state index contributed by atoms with van der Waals surface area (Å²) < 4.78 is 12.8. The largest absolute Gasteiger partial charge is 0.381 e. The molecule has 0 radical (unpaired) electrons. The molecule has 0 saturated carbocycles. The van der Waals surface area contributed by atoms with Crippen molar-refractivity contribution in [3.8, 4) is 0 Å². The minimum atomic E-state index is 0.493. The van der Waals surface area contributed by atoms with Crippen molar-refractivity contribution in [1.82, 2.24) is 15.0 Å². The molecule has 0 aliphatic carbocycles. The third-order valence-corrected chi connectivity index (χ3v) is 3.49. The molecule has 1 aromatic heterocycles. The van der Waals surface area contributed by atoms with Crippen LogP contribution < -0.4 is 5.73 Å². The monoisotopic (exact) mass is 268 g/mol. The van der Waals surface area contributed by atoms with E-state index < -0.39 is 0 Å². The Morgan fingerprint density at radius 3 is 2.89 bits per heavy atom. The lowest BCUT2D eigenvalue weighted by Crippen LogP contribution is -2.21. The van der Waals surface area contributed by atoms with Gasteiger partial charge in [0.2, 0.25) is 0 Å². The van der Waals surface area contributed by atoms with Gasteiger partial charge in [-0.05, 0) is 26.3 Å². The lowest BCUT2D eigenvalue weighted by Gasteiger charge is -2.23. The highest BCUT2D eigenvalue weighted by atomic mass is 16.5. The first-order chi connectivity index (χ1) is 9.36. The predicted molar refractivity (Wildman–Crippen MR) is 72.1 cm³/mol. The van der Waals surface area contributed by atoms with Gasteiger partial charge in [0.15, 0.2) is 0 Å². The van der Waals surface area contributed by atoms with Gasteiger partial charge in [-0.15, -0.1) is 5.10 Å². The Kier molecular flexibility index (Phi) is 5.75. The standard InChI is InChI=1S/C13H24N4O2/c1-2-18-10-7-17-13(11-4-8-19-9-5-11)12(3-6-14)15-16-17/h11H,2-10,14H2,1H3. The molecule has 2 rings (SSSR count). The fourth-order valence-corrected chi connectivity index (χ4v) is 2.55. The third-order valence-electron chi connectivity index (χ3n) is 3.49. The Labute approximate surface area is 114 Å². The Bertz CT molecular complexity index is 375. The topological polar surface area (TPSA) is 75.2 Å². The summed E-state index contributed by atoms with van der Waals surface area (Å²) in [5.74, 6) is 0.493. The van der Waals surface area contributed by atoms with Gasteiger partial charge in [0, 0.05) is 32.2 Å². The summed E-state index contributed by atoms with van der Waals surface area (Å²) in [5.41, 5.74) is 7.95. The van der Waals surface area contributed by atoms with E-state index in [9.17, 15) is 0 Å². The maximum atomic E-state index is 5.66. The summed E-state index contributed by atoms with van der Waals surface area (Å²) in [6.45, 7) is 6.43. The number of rotatable bonds is 7. The summed E-state index contributed by atoms with van der Waals surface area (Å²) >= 11 is 0. The van der Waals surface area contributed by atoms with Gasteiger partial charge in [-0.25, -0.2) is 4.68 Å². The molecule has 0 atom stereocenters. The van der Waals surface area contributed by atoms with Crippen LogP contribution in [0.25, 0.3) is 0 Å². The van der Waals surface area contributed by atoms with Gasteiger partial charge in [0.05, 0.1) is 24.5 Å². The highest BCUT2D eigenvalue weighted by molar-refractivity contribution is 5.17. The van der Waals surface area contributed by atoms with Gasteiger partial charge in [-0.2, -0.15) is 0 Å². The Balaban J connectivity index is 2.12. The van der Waals surface area contributed by atoms with Crippen molar-refractivity contribution in [2.75, 3.05) is 33.0 Å². The van der Waals surface area contributed by atoms with Gasteiger partial charge in [0.1, 0.15) is 0 Å². The van der Waals surface area contributed by atoms with E-state index in [-0.39, 0.29) is 0 Å². The van der Waals surface area contributed by atoms with Crippen LogP contribution in [0.1, 0.15) is 37.1 Å². The van der Waals surface area contributed by atoms with E-state index in [1.807, 2.05) is 11.6 Å². The summed E-state index contributed by atoms with van der Waals surface area (Å²) in [6.07, 6.45) is 2.88. The molecule has 1 fully saturated rings. The number of nitrogens with zero attached hydrogens (tertiary/aromatic N) is 3. The third kappa shape index (κ3) is 3.75. The molecule has 1 aliphatic heterocycles. The molecular weight excluding hydrogens is 244 g/mol. The normalized spacial score (nSPS) is 16.9. The molecular formula is C13H24N4O2. The lowest BCUT2D eigenvalue weighted by atomic mass is 9.94. The van der Waals surface area contributed by atoms with Crippen LogP contribution in [0.3, 0.4) is 0 Å². The molecule has 1 aromatic rings. The van der Waals surface area contributed by atoms with E-state index >= 15 is 0 Å². The van der Waals surface area contributed by atoms with Crippen LogP contribution in [0.2, 0.25) is 0 Å². The van der Waals surface area contributed by atoms with Crippen molar-refractivity contribution < 1.29 is 9.47 Å². The second-order valence-electron chi connectivity index (χ2n) is 4.77. The second kappa shape index (κ2) is 7.57. The Hall–Kier alpha value is -0.980. The van der Waals surface area contributed by atoms with Crippen molar-refractivity contribution >= 4 is 0 Å². The van der Waals surface area contributed by atoms with Crippen LogP contribution in [0.15, 0.2) is 0 Å². The Morgan fingerprint density at radius 1 is 1.42 bits per heavy atom. The van der Waals surface area contributed by atoms with Gasteiger partial charge < -0.3 is 15.2 Å². The molecule has 1 aliphatic rings. The molecule has 108 valence electrons. The zero-order valence-electron chi connectivity index (χ0n) is 11.7. The maximum Gasteiger partial charge on any atom is 0.0874 e. The SMILES string of the molecule is CCOCCn1nnc(CCN)c1C1CCOCC1. The minimum absolute atomic E-state index is 0.493. The summed E-state index contributed by atoms with van der Waals surface area (Å²) in [6, 6.07) is 0. The summed E-state index contributed by atoms with van der Waals surface area (Å²) in [4.78, 5) is 0. The van der Waals surface area contributed by atoms with Crippen molar-refractivity contribution in [3.63, 3.8) is 0 Å². The first-order valence-electron chi connectivity index (χ1n) is 7.14. The fraction of sp³-hybridized carbons (Fsp3) is 0.846. The van der Waals surface area contributed by atoms with Gasteiger partial charge in [0.25, 0.3) is 0 Å².